The minimum Gasteiger partial charge on any atom is -0.466 e. The molecule has 0 N–H and O–H groups in total. The van der Waals surface area contributed by atoms with Gasteiger partial charge in [0.05, 0.1) is 28.6 Å². The molecule has 1 saturated carbocycles. The number of hydrogen-bond acceptors (Lipinski definition) is 5. The number of fused-ring (bicyclic) bond motifs is 1. The second-order valence-corrected chi connectivity index (χ2v) is 17.6. The molecular formula is C32H37ClN2O4Si. The SMILES string of the molecule is CCOC(=O)C1CC(Oc2nc3cc(-c4ccc(-c5ccccc5)cc4)c(Cl)cc3n2COCC[Si](C)(C)C)C1. The molecule has 210 valence electrons. The molecule has 5 rings (SSSR count). The van der Waals surface area contributed by atoms with E-state index in [9.17, 15) is 4.79 Å². The van der Waals surface area contributed by atoms with Crippen LogP contribution in [-0.4, -0.2) is 42.9 Å². The summed E-state index contributed by atoms with van der Waals surface area (Å²) in [5.74, 6) is -0.268. The van der Waals surface area contributed by atoms with Gasteiger partial charge in [-0.2, -0.15) is 4.98 Å². The zero-order chi connectivity index (χ0) is 28.3. The van der Waals surface area contributed by atoms with Gasteiger partial charge in [-0.05, 0) is 54.6 Å². The highest BCUT2D eigenvalue weighted by Crippen LogP contribution is 2.37. The lowest BCUT2D eigenvalue weighted by Crippen LogP contribution is -2.39. The number of carbonyl (C=O) groups excluding carboxylic acids is 1. The van der Waals surface area contributed by atoms with Gasteiger partial charge < -0.3 is 14.2 Å². The number of imidazole rings is 1. The van der Waals surface area contributed by atoms with Crippen LogP contribution in [0.3, 0.4) is 0 Å². The van der Waals surface area contributed by atoms with Gasteiger partial charge in [-0.3, -0.25) is 9.36 Å². The van der Waals surface area contributed by atoms with Gasteiger partial charge in [0.25, 0.3) is 6.01 Å². The summed E-state index contributed by atoms with van der Waals surface area (Å²) in [6.45, 7) is 10.2. The average Bonchev–Trinajstić information content (AvgIpc) is 3.24. The summed E-state index contributed by atoms with van der Waals surface area (Å²) >= 11 is 6.86. The molecule has 0 aliphatic heterocycles. The molecule has 0 spiro atoms. The minimum absolute atomic E-state index is 0.0903. The summed E-state index contributed by atoms with van der Waals surface area (Å²) in [5.41, 5.74) is 5.91. The summed E-state index contributed by atoms with van der Waals surface area (Å²) in [4.78, 5) is 16.9. The number of nitrogens with zero attached hydrogens (tertiary/aromatic N) is 2. The summed E-state index contributed by atoms with van der Waals surface area (Å²) < 4.78 is 19.5. The Hall–Kier alpha value is -3.13. The lowest BCUT2D eigenvalue weighted by molar-refractivity contribution is -0.154. The van der Waals surface area contributed by atoms with Crippen LogP contribution in [-0.2, 0) is 21.0 Å². The van der Waals surface area contributed by atoms with Gasteiger partial charge in [-0.15, -0.1) is 0 Å². The van der Waals surface area contributed by atoms with E-state index in [1.54, 1.807) is 0 Å². The number of aromatic nitrogens is 2. The topological polar surface area (TPSA) is 62.6 Å². The Morgan fingerprint density at radius 2 is 1.68 bits per heavy atom. The maximum absolute atomic E-state index is 12.1. The van der Waals surface area contributed by atoms with Crippen LogP contribution in [0.1, 0.15) is 19.8 Å². The van der Waals surface area contributed by atoms with E-state index in [0.717, 1.165) is 33.8 Å². The molecule has 40 heavy (non-hydrogen) atoms. The van der Waals surface area contributed by atoms with E-state index < -0.39 is 8.07 Å². The predicted molar refractivity (Wildman–Crippen MR) is 163 cm³/mol. The number of halogens is 1. The molecule has 6 nitrogen and oxygen atoms in total. The third-order valence-electron chi connectivity index (χ3n) is 7.31. The van der Waals surface area contributed by atoms with Gasteiger partial charge >= 0.3 is 5.97 Å². The maximum Gasteiger partial charge on any atom is 0.309 e. The Balaban J connectivity index is 1.40. The van der Waals surface area contributed by atoms with Gasteiger partial charge in [0.2, 0.25) is 0 Å². The maximum atomic E-state index is 12.1. The molecule has 0 saturated heterocycles. The van der Waals surface area contributed by atoms with Crippen molar-refractivity contribution in [2.24, 2.45) is 5.92 Å². The van der Waals surface area contributed by atoms with E-state index in [4.69, 9.17) is 30.8 Å². The highest BCUT2D eigenvalue weighted by Gasteiger charge is 2.38. The van der Waals surface area contributed by atoms with Crippen LogP contribution in [0.5, 0.6) is 6.01 Å². The molecule has 0 amide bonds. The summed E-state index contributed by atoms with van der Waals surface area (Å²) in [7, 11) is -1.22. The van der Waals surface area contributed by atoms with Crippen molar-refractivity contribution in [3.8, 4) is 28.3 Å². The Morgan fingerprint density at radius 3 is 2.35 bits per heavy atom. The van der Waals surface area contributed by atoms with Gasteiger partial charge in [0.1, 0.15) is 12.8 Å². The fourth-order valence-electron chi connectivity index (χ4n) is 4.83. The first kappa shape index (κ1) is 28.4. The van der Waals surface area contributed by atoms with Gasteiger partial charge in [0.15, 0.2) is 0 Å². The van der Waals surface area contributed by atoms with Gasteiger partial charge in [-0.1, -0.05) is 85.8 Å². The van der Waals surface area contributed by atoms with Crippen LogP contribution in [0, 0.1) is 5.92 Å². The molecule has 4 aromatic rings. The third-order valence-corrected chi connectivity index (χ3v) is 9.33. The molecule has 1 aliphatic rings. The molecule has 1 aliphatic carbocycles. The van der Waals surface area contributed by atoms with Crippen molar-refractivity contribution in [1.29, 1.82) is 0 Å². The van der Waals surface area contributed by atoms with E-state index in [-0.39, 0.29) is 18.0 Å². The first-order valence-corrected chi connectivity index (χ1v) is 18.1. The number of hydrogen-bond donors (Lipinski definition) is 0. The molecule has 1 fully saturated rings. The van der Waals surface area contributed by atoms with Crippen molar-refractivity contribution in [2.45, 2.75) is 58.3 Å². The zero-order valence-electron chi connectivity index (χ0n) is 23.7. The van der Waals surface area contributed by atoms with Crippen LogP contribution >= 0.6 is 11.6 Å². The standard InChI is InChI=1S/C32H37ClN2O4Si/c1-5-38-31(36)25-17-26(18-25)39-32-34-29-19-27(24-13-11-23(12-14-24)22-9-7-6-8-10-22)28(33)20-30(29)35(32)21-37-15-16-40(2,3)4/h6-14,19-20,25-26H,5,15-18,21H2,1-4H3. The van der Waals surface area contributed by atoms with E-state index in [0.29, 0.717) is 43.8 Å². The van der Waals surface area contributed by atoms with Crippen molar-refractivity contribution in [1.82, 2.24) is 9.55 Å². The Bertz CT molecular complexity index is 1460. The molecule has 0 unspecified atom stereocenters. The van der Waals surface area contributed by atoms with E-state index >= 15 is 0 Å². The second-order valence-electron chi connectivity index (χ2n) is 11.6. The fourth-order valence-corrected chi connectivity index (χ4v) is 5.85. The zero-order valence-corrected chi connectivity index (χ0v) is 25.4. The number of benzene rings is 3. The van der Waals surface area contributed by atoms with Crippen molar-refractivity contribution >= 4 is 36.7 Å². The van der Waals surface area contributed by atoms with Crippen LogP contribution in [0.4, 0.5) is 0 Å². The Labute approximate surface area is 242 Å². The Kier molecular flexibility index (Phi) is 8.64. The smallest absolute Gasteiger partial charge is 0.309 e. The lowest BCUT2D eigenvalue weighted by atomic mass is 9.82. The van der Waals surface area contributed by atoms with Gasteiger partial charge in [-0.25, -0.2) is 0 Å². The largest absolute Gasteiger partial charge is 0.466 e. The van der Waals surface area contributed by atoms with Crippen molar-refractivity contribution < 1.29 is 19.0 Å². The van der Waals surface area contributed by atoms with Crippen LogP contribution in [0.25, 0.3) is 33.3 Å². The minimum atomic E-state index is -1.22. The highest BCUT2D eigenvalue weighted by molar-refractivity contribution is 6.76. The average molecular weight is 577 g/mol. The second kappa shape index (κ2) is 12.2. The number of ether oxygens (including phenoxy) is 3. The number of carbonyl (C=O) groups is 1. The molecule has 1 heterocycles. The molecule has 3 aromatic carbocycles. The summed E-state index contributed by atoms with van der Waals surface area (Å²) in [6, 6.07) is 24.2. The summed E-state index contributed by atoms with van der Waals surface area (Å²) in [5, 5.41) is 0.640. The fraction of sp³-hybridized carbons (Fsp3) is 0.375. The highest BCUT2D eigenvalue weighted by atomic mass is 35.5. The Morgan fingerprint density at radius 1 is 1.00 bits per heavy atom. The van der Waals surface area contributed by atoms with E-state index in [2.05, 4.69) is 56.0 Å². The first-order chi connectivity index (χ1) is 19.2. The molecule has 0 radical (unpaired) electrons. The van der Waals surface area contributed by atoms with E-state index in [1.807, 2.05) is 41.8 Å². The van der Waals surface area contributed by atoms with Crippen molar-refractivity contribution in [2.75, 3.05) is 13.2 Å². The molecular weight excluding hydrogens is 540 g/mol. The van der Waals surface area contributed by atoms with Crippen LogP contribution in [0.15, 0.2) is 66.7 Å². The van der Waals surface area contributed by atoms with Crippen LogP contribution < -0.4 is 4.74 Å². The monoisotopic (exact) mass is 576 g/mol. The van der Waals surface area contributed by atoms with Crippen LogP contribution in [0.2, 0.25) is 30.7 Å². The van der Waals surface area contributed by atoms with Crippen molar-refractivity contribution in [3.05, 3.63) is 71.8 Å². The molecule has 0 bridgehead atoms. The van der Waals surface area contributed by atoms with Gasteiger partial charge in [0, 0.05) is 20.2 Å². The molecule has 0 atom stereocenters. The lowest BCUT2D eigenvalue weighted by Gasteiger charge is -2.33. The molecule has 1 aromatic heterocycles. The molecule has 8 heteroatoms. The van der Waals surface area contributed by atoms with Crippen molar-refractivity contribution in [3.63, 3.8) is 0 Å². The predicted octanol–water partition coefficient (Wildman–Crippen LogP) is 8.06. The quantitative estimate of drug-likeness (QED) is 0.103. The first-order valence-electron chi connectivity index (χ1n) is 14.0. The normalized spacial score (nSPS) is 17.0. The summed E-state index contributed by atoms with van der Waals surface area (Å²) in [6.07, 6.45) is 1.16. The third kappa shape index (κ3) is 6.60. The number of esters is 1. The number of rotatable bonds is 11. The van der Waals surface area contributed by atoms with E-state index in [1.165, 1.54) is 5.56 Å².